The molecule has 0 saturated heterocycles. The molecular formula is C15H26N2O. The molecule has 0 spiro atoms. The Labute approximate surface area is 110 Å². The minimum absolute atomic E-state index is 0.313. The third-order valence-electron chi connectivity index (χ3n) is 4.51. The van der Waals surface area contributed by atoms with Crippen molar-refractivity contribution in [1.82, 2.24) is 9.78 Å². The number of rotatable bonds is 4. The molecule has 1 N–H and O–H groups in total. The quantitative estimate of drug-likeness (QED) is 0.891. The molecule has 1 unspecified atom stereocenters. The Balaban J connectivity index is 2.04. The van der Waals surface area contributed by atoms with Crippen LogP contribution in [0, 0.1) is 11.8 Å². The molecule has 18 heavy (non-hydrogen) atoms. The molecule has 1 aromatic rings. The summed E-state index contributed by atoms with van der Waals surface area (Å²) in [5.41, 5.74) is 2.11. The maximum absolute atomic E-state index is 10.6. The van der Waals surface area contributed by atoms with E-state index in [2.05, 4.69) is 18.9 Å². The van der Waals surface area contributed by atoms with Crippen molar-refractivity contribution >= 4 is 0 Å². The predicted octanol–water partition coefficient (Wildman–Crippen LogP) is 3.23. The Hall–Kier alpha value is -0.830. The molecule has 0 bridgehead atoms. The maximum atomic E-state index is 10.6. The number of hydrogen-bond acceptors (Lipinski definition) is 2. The van der Waals surface area contributed by atoms with Gasteiger partial charge >= 0.3 is 0 Å². The summed E-state index contributed by atoms with van der Waals surface area (Å²) in [5.74, 6) is 1.32. The van der Waals surface area contributed by atoms with Gasteiger partial charge in [-0.15, -0.1) is 0 Å². The zero-order valence-corrected chi connectivity index (χ0v) is 11.9. The number of nitrogens with zero attached hydrogens (tertiary/aromatic N) is 2. The van der Waals surface area contributed by atoms with E-state index in [4.69, 9.17) is 0 Å². The van der Waals surface area contributed by atoms with E-state index in [0.717, 1.165) is 36.4 Å². The van der Waals surface area contributed by atoms with E-state index in [1.165, 1.54) is 19.3 Å². The highest BCUT2D eigenvalue weighted by Crippen LogP contribution is 2.38. The lowest BCUT2D eigenvalue weighted by molar-refractivity contribution is 0.0722. The van der Waals surface area contributed by atoms with Gasteiger partial charge in [0.1, 0.15) is 0 Å². The lowest BCUT2D eigenvalue weighted by Crippen LogP contribution is -2.20. The van der Waals surface area contributed by atoms with Crippen molar-refractivity contribution in [2.24, 2.45) is 18.9 Å². The van der Waals surface area contributed by atoms with E-state index in [-0.39, 0.29) is 6.10 Å². The van der Waals surface area contributed by atoms with Crippen LogP contribution in [0.5, 0.6) is 0 Å². The van der Waals surface area contributed by atoms with Gasteiger partial charge in [0.05, 0.1) is 11.8 Å². The minimum Gasteiger partial charge on any atom is -0.388 e. The first-order chi connectivity index (χ1) is 8.65. The van der Waals surface area contributed by atoms with Crippen LogP contribution in [-0.4, -0.2) is 14.9 Å². The number of hydrogen-bond donors (Lipinski definition) is 1. The number of aliphatic hydroxyl groups is 1. The minimum atomic E-state index is -0.313. The molecule has 3 nitrogen and oxygen atoms in total. The second-order valence-electron chi connectivity index (χ2n) is 5.69. The molecule has 1 atom stereocenters. The van der Waals surface area contributed by atoms with Gasteiger partial charge in [-0.2, -0.15) is 5.10 Å². The lowest BCUT2D eigenvalue weighted by Gasteiger charge is -2.31. The average molecular weight is 250 g/mol. The van der Waals surface area contributed by atoms with Gasteiger partial charge < -0.3 is 5.11 Å². The second-order valence-corrected chi connectivity index (χ2v) is 5.69. The number of aliphatic hydroxyl groups excluding tert-OH is 1. The Bertz CT molecular complexity index is 378. The first-order valence-corrected chi connectivity index (χ1v) is 7.36. The van der Waals surface area contributed by atoms with E-state index >= 15 is 0 Å². The van der Waals surface area contributed by atoms with E-state index in [9.17, 15) is 5.11 Å². The van der Waals surface area contributed by atoms with Crippen LogP contribution < -0.4 is 0 Å². The van der Waals surface area contributed by atoms with Crippen molar-refractivity contribution in [2.75, 3.05) is 0 Å². The largest absolute Gasteiger partial charge is 0.388 e. The molecule has 1 aliphatic rings. The van der Waals surface area contributed by atoms with Crippen molar-refractivity contribution in [3.63, 3.8) is 0 Å². The van der Waals surface area contributed by atoms with E-state index < -0.39 is 0 Å². The second kappa shape index (κ2) is 5.87. The van der Waals surface area contributed by atoms with Crippen molar-refractivity contribution in [1.29, 1.82) is 0 Å². The van der Waals surface area contributed by atoms with Crippen LogP contribution in [0.1, 0.15) is 63.3 Å². The van der Waals surface area contributed by atoms with Crippen molar-refractivity contribution in [2.45, 2.75) is 58.5 Å². The lowest BCUT2D eigenvalue weighted by atomic mass is 9.77. The molecule has 1 saturated carbocycles. The highest BCUT2D eigenvalue weighted by Gasteiger charge is 2.28. The molecule has 0 aliphatic heterocycles. The molecule has 1 aliphatic carbocycles. The summed E-state index contributed by atoms with van der Waals surface area (Å²) in [5, 5.41) is 15.0. The zero-order valence-electron chi connectivity index (χ0n) is 11.9. The van der Waals surface area contributed by atoms with Gasteiger partial charge in [0.15, 0.2) is 0 Å². The van der Waals surface area contributed by atoms with Crippen LogP contribution in [0.4, 0.5) is 0 Å². The monoisotopic (exact) mass is 250 g/mol. The molecule has 1 fully saturated rings. The SMILES string of the molecule is CCc1nn(C)cc1C(O)C1CCC(CC)CC1. The summed E-state index contributed by atoms with van der Waals surface area (Å²) in [6.07, 6.45) is 8.75. The summed E-state index contributed by atoms with van der Waals surface area (Å²) in [7, 11) is 1.93. The van der Waals surface area contributed by atoms with Crippen molar-refractivity contribution < 1.29 is 5.11 Å². The predicted molar refractivity (Wildman–Crippen MR) is 73.3 cm³/mol. The smallest absolute Gasteiger partial charge is 0.0851 e. The molecule has 1 heterocycles. The molecule has 102 valence electrons. The first kappa shape index (κ1) is 13.6. The van der Waals surface area contributed by atoms with Crippen LogP contribution >= 0.6 is 0 Å². The van der Waals surface area contributed by atoms with Gasteiger partial charge in [-0.3, -0.25) is 4.68 Å². The number of aromatic nitrogens is 2. The fourth-order valence-corrected chi connectivity index (χ4v) is 3.24. The van der Waals surface area contributed by atoms with Crippen molar-refractivity contribution in [3.05, 3.63) is 17.5 Å². The van der Waals surface area contributed by atoms with Gasteiger partial charge in [0.2, 0.25) is 0 Å². The molecule has 0 amide bonds. The van der Waals surface area contributed by atoms with Crippen LogP contribution in [0.3, 0.4) is 0 Å². The van der Waals surface area contributed by atoms with E-state index in [1.54, 1.807) is 0 Å². The standard InChI is InChI=1S/C15H26N2O/c1-4-11-6-8-12(9-7-11)15(18)13-10-17(3)16-14(13)5-2/h10-12,15,18H,4-9H2,1-3H3. The summed E-state index contributed by atoms with van der Waals surface area (Å²) >= 11 is 0. The molecule has 0 aromatic carbocycles. The van der Waals surface area contributed by atoms with Crippen molar-refractivity contribution in [3.8, 4) is 0 Å². The van der Waals surface area contributed by atoms with E-state index in [0.29, 0.717) is 5.92 Å². The third kappa shape index (κ3) is 2.77. The van der Waals surface area contributed by atoms with Gasteiger partial charge in [0, 0.05) is 18.8 Å². The maximum Gasteiger partial charge on any atom is 0.0851 e. The highest BCUT2D eigenvalue weighted by atomic mass is 16.3. The Morgan fingerprint density at radius 3 is 2.56 bits per heavy atom. The fourth-order valence-electron chi connectivity index (χ4n) is 3.24. The summed E-state index contributed by atoms with van der Waals surface area (Å²) in [6, 6.07) is 0. The zero-order chi connectivity index (χ0) is 13.1. The first-order valence-electron chi connectivity index (χ1n) is 7.36. The van der Waals surface area contributed by atoms with Gasteiger partial charge in [-0.1, -0.05) is 33.1 Å². The normalized spacial score (nSPS) is 26.2. The summed E-state index contributed by atoms with van der Waals surface area (Å²) < 4.78 is 1.83. The summed E-state index contributed by atoms with van der Waals surface area (Å²) in [4.78, 5) is 0. The summed E-state index contributed by atoms with van der Waals surface area (Å²) in [6.45, 7) is 4.38. The molecule has 3 heteroatoms. The Kier molecular flexibility index (Phi) is 4.44. The van der Waals surface area contributed by atoms with E-state index in [1.807, 2.05) is 17.9 Å². The van der Waals surface area contributed by atoms with Crippen LogP contribution in [0.25, 0.3) is 0 Å². The molecule has 1 aromatic heterocycles. The Morgan fingerprint density at radius 1 is 1.33 bits per heavy atom. The number of aryl methyl sites for hydroxylation is 2. The fraction of sp³-hybridized carbons (Fsp3) is 0.800. The molecule has 0 radical (unpaired) electrons. The van der Waals surface area contributed by atoms with Crippen LogP contribution in [0.2, 0.25) is 0 Å². The average Bonchev–Trinajstić information content (AvgIpc) is 2.79. The van der Waals surface area contributed by atoms with Crippen LogP contribution in [0.15, 0.2) is 6.20 Å². The van der Waals surface area contributed by atoms with Crippen LogP contribution in [-0.2, 0) is 13.5 Å². The highest BCUT2D eigenvalue weighted by molar-refractivity contribution is 5.20. The third-order valence-corrected chi connectivity index (χ3v) is 4.51. The molecular weight excluding hydrogens is 224 g/mol. The van der Waals surface area contributed by atoms with Gasteiger partial charge in [-0.05, 0) is 31.1 Å². The van der Waals surface area contributed by atoms with Gasteiger partial charge in [0.25, 0.3) is 0 Å². The Morgan fingerprint density at radius 2 is 2.00 bits per heavy atom. The molecule has 2 rings (SSSR count). The topological polar surface area (TPSA) is 38.0 Å². The van der Waals surface area contributed by atoms with Gasteiger partial charge in [-0.25, -0.2) is 0 Å².